The van der Waals surface area contributed by atoms with Crippen LogP contribution in [0, 0.1) is 0 Å². The van der Waals surface area contributed by atoms with E-state index in [2.05, 4.69) is 16.9 Å². The van der Waals surface area contributed by atoms with E-state index in [1.54, 1.807) is 18.2 Å². The van der Waals surface area contributed by atoms with Gasteiger partial charge < -0.3 is 10.1 Å². The average Bonchev–Trinajstić information content (AvgIpc) is 2.67. The van der Waals surface area contributed by atoms with Crippen LogP contribution < -0.4 is 10.1 Å². The number of pyridine rings is 1. The molecule has 0 bridgehead atoms. The molecule has 3 heterocycles. The zero-order valence-corrected chi connectivity index (χ0v) is 17.4. The van der Waals surface area contributed by atoms with Crippen LogP contribution in [-0.2, 0) is 22.0 Å². The molecule has 152 valence electrons. The Labute approximate surface area is 174 Å². The number of fused-ring (bicyclic) bond motifs is 2. The third kappa shape index (κ3) is 3.58. The Hall–Kier alpha value is -2.58. The second-order valence-electron chi connectivity index (χ2n) is 7.27. The minimum Gasteiger partial charge on any atom is -0.493 e. The van der Waals surface area contributed by atoms with Crippen LogP contribution in [0.3, 0.4) is 0 Å². The number of hydrogen-bond acceptors (Lipinski definition) is 6. The number of carbonyl (C=O) groups is 1. The fraction of sp³-hybridized carbons (Fsp3) is 0.300. The summed E-state index contributed by atoms with van der Waals surface area (Å²) in [6.07, 6.45) is 2.04. The molecule has 0 radical (unpaired) electrons. The van der Waals surface area contributed by atoms with E-state index in [9.17, 15) is 13.2 Å². The largest absolute Gasteiger partial charge is 0.493 e. The van der Waals surface area contributed by atoms with Gasteiger partial charge in [0.25, 0.3) is 0 Å². The van der Waals surface area contributed by atoms with Crippen LogP contribution in [-0.4, -0.2) is 42.9 Å². The zero-order chi connectivity index (χ0) is 20.8. The van der Waals surface area contributed by atoms with Crippen molar-refractivity contribution in [3.05, 3.63) is 70.8 Å². The maximum absolute atomic E-state index is 12.7. The lowest BCUT2D eigenvalue weighted by atomic mass is 9.84. The van der Waals surface area contributed by atoms with Crippen molar-refractivity contribution < 1.29 is 17.9 Å². The van der Waals surface area contributed by atoms with Gasteiger partial charge in [-0.25, -0.2) is 8.42 Å². The van der Waals surface area contributed by atoms with Crippen molar-refractivity contribution in [3.8, 4) is 5.75 Å². The van der Waals surface area contributed by atoms with Gasteiger partial charge in [0, 0.05) is 31.6 Å². The molecule has 0 saturated carbocycles. The number of hydrogen-bond donors (Lipinski definition) is 1. The van der Waals surface area contributed by atoms with Crippen LogP contribution in [0.2, 0.25) is 5.02 Å². The van der Waals surface area contributed by atoms with E-state index in [1.807, 2.05) is 12.1 Å². The van der Waals surface area contributed by atoms with Crippen molar-refractivity contribution in [1.82, 2.24) is 14.6 Å². The summed E-state index contributed by atoms with van der Waals surface area (Å²) in [5.41, 5.74) is 0.953. The predicted molar refractivity (Wildman–Crippen MR) is 109 cm³/mol. The molecule has 1 aromatic heterocycles. The minimum atomic E-state index is -3.52. The molecule has 7 nitrogen and oxygen atoms in total. The van der Waals surface area contributed by atoms with Gasteiger partial charge in [0.2, 0.25) is 10.0 Å². The van der Waals surface area contributed by atoms with Crippen LogP contribution in [0.5, 0.6) is 5.75 Å². The van der Waals surface area contributed by atoms with Crippen LogP contribution in [0.1, 0.15) is 28.0 Å². The van der Waals surface area contributed by atoms with Gasteiger partial charge in [0.1, 0.15) is 17.3 Å². The molecule has 1 aromatic carbocycles. The number of carbonyl (C=O) groups excluding carboxylic acids is 1. The number of sulfonamides is 1. The van der Waals surface area contributed by atoms with E-state index >= 15 is 0 Å². The Morgan fingerprint density at radius 2 is 2.17 bits per heavy atom. The van der Waals surface area contributed by atoms with E-state index in [1.165, 1.54) is 13.2 Å². The molecule has 9 heteroatoms. The molecule has 4 rings (SSSR count). The molecule has 2 aromatic rings. The third-order valence-electron chi connectivity index (χ3n) is 5.33. The number of benzene rings is 1. The number of aromatic nitrogens is 1. The first-order chi connectivity index (χ1) is 13.7. The number of halogens is 1. The standard InChI is InChI=1S/C20H20ClN3O4S/c1-13-23-20(12-29(26,27)24(13)2)7-8-28-19-6-3-14(9-16(19)20)10-18(25)17-5-4-15(21)11-22-17/h3-6,9,11,23H,1,7-8,10,12H2,2H3/t20-/m0/s1. The highest BCUT2D eigenvalue weighted by atomic mass is 35.5. The average molecular weight is 434 g/mol. The highest BCUT2D eigenvalue weighted by Gasteiger charge is 2.47. The molecule has 1 spiro atoms. The van der Waals surface area contributed by atoms with Gasteiger partial charge in [0.05, 0.1) is 22.9 Å². The summed E-state index contributed by atoms with van der Waals surface area (Å²) < 4.78 is 32.2. The summed E-state index contributed by atoms with van der Waals surface area (Å²) in [5.74, 6) is 0.663. The van der Waals surface area contributed by atoms with Gasteiger partial charge in [-0.2, -0.15) is 0 Å². The van der Waals surface area contributed by atoms with Crippen molar-refractivity contribution in [1.29, 1.82) is 0 Å². The summed E-state index contributed by atoms with van der Waals surface area (Å²) in [6.45, 7) is 4.24. The SMILES string of the molecule is C=C1N[C@@]2(CCOc3ccc(CC(=O)c4ccc(Cl)cn4)cc32)CS(=O)(=O)N1C. The summed E-state index contributed by atoms with van der Waals surface area (Å²) in [5, 5.41) is 3.73. The van der Waals surface area contributed by atoms with Crippen molar-refractivity contribution >= 4 is 27.4 Å². The van der Waals surface area contributed by atoms with Crippen LogP contribution in [0.25, 0.3) is 0 Å². The second-order valence-corrected chi connectivity index (χ2v) is 9.70. The number of nitrogens with one attached hydrogen (secondary N) is 1. The van der Waals surface area contributed by atoms with Crippen molar-refractivity contribution in [2.75, 3.05) is 19.4 Å². The fourth-order valence-corrected chi connectivity index (χ4v) is 5.40. The quantitative estimate of drug-likeness (QED) is 0.748. The van der Waals surface area contributed by atoms with E-state index in [-0.39, 0.29) is 18.0 Å². The van der Waals surface area contributed by atoms with Crippen LogP contribution in [0.15, 0.2) is 48.9 Å². The maximum Gasteiger partial charge on any atom is 0.238 e. The molecule has 2 aliphatic rings. The topological polar surface area (TPSA) is 88.6 Å². The van der Waals surface area contributed by atoms with Crippen molar-refractivity contribution in [2.45, 2.75) is 18.4 Å². The molecule has 1 fully saturated rings. The number of Topliss-reactive ketones (excluding diaryl/α,β-unsaturated/α-hetero) is 1. The van der Waals surface area contributed by atoms with E-state index in [0.717, 1.165) is 15.4 Å². The summed E-state index contributed by atoms with van der Waals surface area (Å²) in [7, 11) is -2.04. The number of nitrogens with zero attached hydrogens (tertiary/aromatic N) is 2. The van der Waals surface area contributed by atoms with E-state index < -0.39 is 15.6 Å². The number of ether oxygens (including phenoxy) is 1. The van der Waals surface area contributed by atoms with Crippen molar-refractivity contribution in [2.24, 2.45) is 0 Å². The molecule has 1 N–H and O–H groups in total. The molecular weight excluding hydrogens is 414 g/mol. The first kappa shape index (κ1) is 19.7. The lowest BCUT2D eigenvalue weighted by Crippen LogP contribution is -2.58. The molecule has 1 atom stereocenters. The van der Waals surface area contributed by atoms with Gasteiger partial charge in [0.15, 0.2) is 5.78 Å². The molecule has 0 amide bonds. The highest BCUT2D eigenvalue weighted by Crippen LogP contribution is 2.42. The Morgan fingerprint density at radius 3 is 2.86 bits per heavy atom. The van der Waals surface area contributed by atoms with E-state index in [4.69, 9.17) is 16.3 Å². The van der Waals surface area contributed by atoms with Gasteiger partial charge in [-0.05, 0) is 29.8 Å². The van der Waals surface area contributed by atoms with Gasteiger partial charge in [-0.1, -0.05) is 24.2 Å². The first-order valence-electron chi connectivity index (χ1n) is 9.05. The number of ketones is 1. The molecule has 1 saturated heterocycles. The lowest BCUT2D eigenvalue weighted by Gasteiger charge is -2.46. The van der Waals surface area contributed by atoms with Gasteiger partial charge >= 0.3 is 0 Å². The normalized spacial score (nSPS) is 22.6. The van der Waals surface area contributed by atoms with Crippen LogP contribution >= 0.6 is 11.6 Å². The zero-order valence-electron chi connectivity index (χ0n) is 15.8. The van der Waals surface area contributed by atoms with E-state index in [0.29, 0.717) is 35.3 Å². The first-order valence-corrected chi connectivity index (χ1v) is 11.0. The van der Waals surface area contributed by atoms with Crippen molar-refractivity contribution in [3.63, 3.8) is 0 Å². The Bertz CT molecular complexity index is 1100. The molecule has 2 aliphatic heterocycles. The lowest BCUT2D eigenvalue weighted by molar-refractivity contribution is 0.0988. The van der Waals surface area contributed by atoms with Crippen LogP contribution in [0.4, 0.5) is 0 Å². The summed E-state index contributed by atoms with van der Waals surface area (Å²) in [6, 6.07) is 8.63. The second kappa shape index (κ2) is 7.03. The Balaban J connectivity index is 1.68. The van der Waals surface area contributed by atoms with Gasteiger partial charge in [-0.3, -0.25) is 14.1 Å². The minimum absolute atomic E-state index is 0.109. The Morgan fingerprint density at radius 1 is 1.38 bits per heavy atom. The molecule has 0 unspecified atom stereocenters. The monoisotopic (exact) mass is 433 g/mol. The maximum atomic E-state index is 12.7. The summed E-state index contributed by atoms with van der Waals surface area (Å²) in [4.78, 5) is 16.7. The predicted octanol–water partition coefficient (Wildman–Crippen LogP) is 2.47. The molecule has 0 aliphatic carbocycles. The highest BCUT2D eigenvalue weighted by molar-refractivity contribution is 7.89. The third-order valence-corrected chi connectivity index (χ3v) is 7.47. The molecule has 29 heavy (non-hydrogen) atoms. The smallest absolute Gasteiger partial charge is 0.238 e. The molecular formula is C20H20ClN3O4S. The summed E-state index contributed by atoms with van der Waals surface area (Å²) >= 11 is 5.83. The Kier molecular flexibility index (Phi) is 4.78. The number of rotatable bonds is 3. The fourth-order valence-electron chi connectivity index (χ4n) is 3.72. The van der Waals surface area contributed by atoms with Gasteiger partial charge in [-0.15, -0.1) is 0 Å².